The van der Waals surface area contributed by atoms with Gasteiger partial charge in [0, 0.05) is 6.42 Å². The van der Waals surface area contributed by atoms with Crippen LogP contribution < -0.4 is 14.8 Å². The Morgan fingerprint density at radius 3 is 2.54 bits per heavy atom. The highest BCUT2D eigenvalue weighted by atomic mass is 16.5. The van der Waals surface area contributed by atoms with Gasteiger partial charge >= 0.3 is 5.97 Å². The third kappa shape index (κ3) is 5.33. The Kier molecular flexibility index (Phi) is 7.66. The van der Waals surface area contributed by atoms with Crippen LogP contribution >= 0.6 is 0 Å². The maximum atomic E-state index is 11.8. The average molecular weight is 361 g/mol. The Labute approximate surface area is 154 Å². The van der Waals surface area contributed by atoms with E-state index in [2.05, 4.69) is 5.32 Å². The average Bonchev–Trinajstić information content (AvgIpc) is 2.64. The van der Waals surface area contributed by atoms with Gasteiger partial charge in [-0.3, -0.25) is 9.59 Å². The lowest BCUT2D eigenvalue weighted by molar-refractivity contribution is -0.142. The van der Waals surface area contributed by atoms with Gasteiger partial charge in [0.25, 0.3) is 0 Å². The van der Waals surface area contributed by atoms with Crippen LogP contribution in [0.5, 0.6) is 11.5 Å². The standard InChI is InChI=1S/C20H27NO5/c1-4-26-20(23)13-21-9-8-15-11-18(24-2)19(25-3)12-17(15)14-6-5-7-16(22)10-14/h10-12,21H,4-9,13H2,1-3H3. The molecule has 0 saturated heterocycles. The van der Waals surface area contributed by atoms with Crippen LogP contribution in [0.2, 0.25) is 0 Å². The molecule has 6 nitrogen and oxygen atoms in total. The van der Waals surface area contributed by atoms with E-state index in [0.717, 1.165) is 29.5 Å². The monoisotopic (exact) mass is 361 g/mol. The fourth-order valence-electron chi connectivity index (χ4n) is 3.06. The number of methoxy groups -OCH3 is 2. The number of esters is 1. The van der Waals surface area contributed by atoms with E-state index in [1.165, 1.54) is 0 Å². The molecule has 2 rings (SSSR count). The van der Waals surface area contributed by atoms with Crippen LogP contribution in [0.3, 0.4) is 0 Å². The topological polar surface area (TPSA) is 73.9 Å². The number of ketones is 1. The van der Waals surface area contributed by atoms with Crippen LogP contribution in [0.4, 0.5) is 0 Å². The molecule has 26 heavy (non-hydrogen) atoms. The van der Waals surface area contributed by atoms with Crippen LogP contribution in [0.15, 0.2) is 18.2 Å². The Morgan fingerprint density at radius 2 is 1.88 bits per heavy atom. The van der Waals surface area contributed by atoms with Gasteiger partial charge in [-0.05, 0) is 67.6 Å². The number of rotatable bonds is 9. The molecule has 0 unspecified atom stereocenters. The maximum Gasteiger partial charge on any atom is 0.319 e. The summed E-state index contributed by atoms with van der Waals surface area (Å²) in [6, 6.07) is 3.88. The fourth-order valence-corrected chi connectivity index (χ4v) is 3.06. The number of carbonyl (C=O) groups excluding carboxylic acids is 2. The smallest absolute Gasteiger partial charge is 0.319 e. The molecule has 1 aliphatic carbocycles. The first-order valence-corrected chi connectivity index (χ1v) is 8.94. The summed E-state index contributed by atoms with van der Waals surface area (Å²) in [5.41, 5.74) is 3.09. The van der Waals surface area contributed by atoms with E-state index in [4.69, 9.17) is 14.2 Å². The second-order valence-corrected chi connectivity index (χ2v) is 6.09. The van der Waals surface area contributed by atoms with E-state index in [9.17, 15) is 9.59 Å². The molecule has 0 aliphatic heterocycles. The number of benzene rings is 1. The summed E-state index contributed by atoms with van der Waals surface area (Å²) in [5.74, 6) is 1.19. The van der Waals surface area contributed by atoms with E-state index < -0.39 is 0 Å². The van der Waals surface area contributed by atoms with Crippen LogP contribution in [-0.2, 0) is 20.7 Å². The van der Waals surface area contributed by atoms with Crippen molar-refractivity contribution in [2.75, 3.05) is 33.9 Å². The third-order valence-electron chi connectivity index (χ3n) is 4.31. The van der Waals surface area contributed by atoms with Crippen molar-refractivity contribution in [3.05, 3.63) is 29.3 Å². The molecule has 6 heteroatoms. The Morgan fingerprint density at radius 1 is 1.15 bits per heavy atom. The summed E-state index contributed by atoms with van der Waals surface area (Å²) in [4.78, 5) is 23.3. The van der Waals surface area contributed by atoms with Crippen LogP contribution in [0.1, 0.15) is 37.3 Å². The highest BCUT2D eigenvalue weighted by Gasteiger charge is 2.18. The predicted octanol–water partition coefficient (Wildman–Crippen LogP) is 2.54. The molecule has 142 valence electrons. The first-order valence-electron chi connectivity index (χ1n) is 8.94. The van der Waals surface area contributed by atoms with Crippen molar-refractivity contribution >= 4 is 17.3 Å². The van der Waals surface area contributed by atoms with Gasteiger partial charge in [0.2, 0.25) is 0 Å². The molecule has 0 saturated carbocycles. The predicted molar refractivity (Wildman–Crippen MR) is 99.6 cm³/mol. The number of hydrogen-bond acceptors (Lipinski definition) is 6. The van der Waals surface area contributed by atoms with Crippen molar-refractivity contribution in [1.82, 2.24) is 5.32 Å². The van der Waals surface area contributed by atoms with Crippen molar-refractivity contribution in [2.24, 2.45) is 0 Å². The molecular weight excluding hydrogens is 334 g/mol. The zero-order valence-corrected chi connectivity index (χ0v) is 15.7. The first kappa shape index (κ1) is 20.0. The van der Waals surface area contributed by atoms with E-state index >= 15 is 0 Å². The molecule has 0 aromatic heterocycles. The van der Waals surface area contributed by atoms with Gasteiger partial charge in [-0.15, -0.1) is 0 Å². The van der Waals surface area contributed by atoms with E-state index in [-0.39, 0.29) is 18.3 Å². The second kappa shape index (κ2) is 9.97. The van der Waals surface area contributed by atoms with Gasteiger partial charge in [0.05, 0.1) is 27.4 Å². The largest absolute Gasteiger partial charge is 0.493 e. The number of ether oxygens (including phenoxy) is 3. The van der Waals surface area contributed by atoms with E-state index in [1.807, 2.05) is 12.1 Å². The van der Waals surface area contributed by atoms with Gasteiger partial charge in [-0.25, -0.2) is 0 Å². The summed E-state index contributed by atoms with van der Waals surface area (Å²) in [5, 5.41) is 3.09. The zero-order valence-electron chi connectivity index (χ0n) is 15.7. The minimum atomic E-state index is -0.263. The fraction of sp³-hybridized carbons (Fsp3) is 0.500. The first-order chi connectivity index (χ1) is 12.6. The van der Waals surface area contributed by atoms with E-state index in [0.29, 0.717) is 37.5 Å². The summed E-state index contributed by atoms with van der Waals surface area (Å²) in [6.45, 7) is 2.95. The summed E-state index contributed by atoms with van der Waals surface area (Å²) >= 11 is 0. The highest BCUT2D eigenvalue weighted by Crippen LogP contribution is 2.36. The van der Waals surface area contributed by atoms with Gasteiger partial charge < -0.3 is 19.5 Å². The van der Waals surface area contributed by atoms with Crippen molar-refractivity contribution in [3.8, 4) is 11.5 Å². The van der Waals surface area contributed by atoms with Gasteiger partial charge in [0.15, 0.2) is 17.3 Å². The Balaban J connectivity index is 2.19. The van der Waals surface area contributed by atoms with Crippen LogP contribution in [0, 0.1) is 0 Å². The molecule has 0 amide bonds. The van der Waals surface area contributed by atoms with Crippen LogP contribution in [0.25, 0.3) is 5.57 Å². The molecule has 0 heterocycles. The molecule has 0 fully saturated rings. The van der Waals surface area contributed by atoms with Crippen LogP contribution in [-0.4, -0.2) is 45.7 Å². The summed E-state index contributed by atoms with van der Waals surface area (Å²) < 4.78 is 15.7. The molecular formula is C20H27NO5. The second-order valence-electron chi connectivity index (χ2n) is 6.09. The summed E-state index contributed by atoms with van der Waals surface area (Å²) in [7, 11) is 3.20. The zero-order chi connectivity index (χ0) is 18.9. The Hall–Kier alpha value is -2.34. The Bertz CT molecular complexity index is 681. The molecule has 0 spiro atoms. The number of hydrogen-bond donors (Lipinski definition) is 1. The summed E-state index contributed by atoms with van der Waals surface area (Å²) in [6.07, 6.45) is 4.76. The third-order valence-corrected chi connectivity index (χ3v) is 4.31. The SMILES string of the molecule is CCOC(=O)CNCCc1cc(OC)c(OC)cc1C1=CC(=O)CCC1. The van der Waals surface area contributed by atoms with E-state index in [1.54, 1.807) is 27.2 Å². The molecule has 0 atom stereocenters. The minimum absolute atomic E-state index is 0.160. The number of allylic oxidation sites excluding steroid dienone is 2. The molecule has 1 N–H and O–H groups in total. The highest BCUT2D eigenvalue weighted by molar-refractivity contribution is 5.98. The number of carbonyl (C=O) groups is 2. The molecule has 1 aliphatic rings. The minimum Gasteiger partial charge on any atom is -0.493 e. The lowest BCUT2D eigenvalue weighted by atomic mass is 9.89. The molecule has 0 bridgehead atoms. The molecule has 0 radical (unpaired) electrons. The quantitative estimate of drug-likeness (QED) is 0.538. The normalized spacial score (nSPS) is 14.0. The lowest BCUT2D eigenvalue weighted by Crippen LogP contribution is -2.26. The maximum absolute atomic E-state index is 11.8. The van der Waals surface area contributed by atoms with Gasteiger partial charge in [-0.1, -0.05) is 0 Å². The van der Waals surface area contributed by atoms with Gasteiger partial charge in [-0.2, -0.15) is 0 Å². The van der Waals surface area contributed by atoms with Crippen molar-refractivity contribution < 1.29 is 23.8 Å². The molecule has 1 aromatic carbocycles. The van der Waals surface area contributed by atoms with Gasteiger partial charge in [0.1, 0.15) is 0 Å². The van der Waals surface area contributed by atoms with Crippen molar-refractivity contribution in [1.29, 1.82) is 0 Å². The van der Waals surface area contributed by atoms with Crippen molar-refractivity contribution in [2.45, 2.75) is 32.6 Å². The lowest BCUT2D eigenvalue weighted by Gasteiger charge is -2.19. The number of nitrogens with one attached hydrogen (secondary N) is 1. The molecule has 1 aromatic rings. The van der Waals surface area contributed by atoms with Crippen molar-refractivity contribution in [3.63, 3.8) is 0 Å².